The summed E-state index contributed by atoms with van der Waals surface area (Å²) in [5.41, 5.74) is 3.31. The number of halogens is 2. The normalized spacial score (nSPS) is 11.2. The van der Waals surface area contributed by atoms with Crippen LogP contribution >= 0.6 is 23.2 Å². The first kappa shape index (κ1) is 19.8. The summed E-state index contributed by atoms with van der Waals surface area (Å²) in [5, 5.41) is 15.6. The summed E-state index contributed by atoms with van der Waals surface area (Å²) in [6.07, 6.45) is 1.40. The smallest absolute Gasteiger partial charge is 0.267 e. The summed E-state index contributed by atoms with van der Waals surface area (Å²) in [6, 6.07) is 12.8. The average Bonchev–Trinajstić information content (AvgIpc) is 2.60. The first-order chi connectivity index (χ1) is 12.3. The number of carbonyl (C=O) groups is 1. The maximum Gasteiger partial charge on any atom is 0.267 e. The lowest BCUT2D eigenvalue weighted by Gasteiger charge is -2.15. The minimum absolute atomic E-state index is 0.0704. The van der Waals surface area contributed by atoms with Gasteiger partial charge in [-0.3, -0.25) is 4.79 Å². The second-order valence-corrected chi connectivity index (χ2v) is 6.85. The van der Waals surface area contributed by atoms with Gasteiger partial charge in [-0.05, 0) is 36.1 Å². The molecule has 0 saturated heterocycles. The summed E-state index contributed by atoms with van der Waals surface area (Å²) in [5.74, 6) is -0.265. The third-order valence-electron chi connectivity index (χ3n) is 3.85. The zero-order valence-electron chi connectivity index (χ0n) is 14.7. The molecule has 0 unspecified atom stereocenters. The molecule has 0 atom stereocenters. The average molecular weight is 388 g/mol. The zero-order valence-corrected chi connectivity index (χ0v) is 16.2. The van der Waals surface area contributed by atoms with E-state index in [0.29, 0.717) is 16.6 Å². The molecule has 0 aromatic heterocycles. The van der Waals surface area contributed by atoms with Gasteiger partial charge in [0.25, 0.3) is 5.91 Å². The lowest BCUT2D eigenvalue weighted by molar-refractivity contribution is -0.112. The molecule has 134 valence electrons. The van der Waals surface area contributed by atoms with Crippen LogP contribution < -0.4 is 10.6 Å². The molecular weight excluding hydrogens is 369 g/mol. The van der Waals surface area contributed by atoms with Crippen molar-refractivity contribution >= 4 is 40.5 Å². The van der Waals surface area contributed by atoms with Crippen LogP contribution in [0.3, 0.4) is 0 Å². The van der Waals surface area contributed by atoms with Crippen molar-refractivity contribution in [1.29, 1.82) is 5.26 Å². The summed E-state index contributed by atoms with van der Waals surface area (Å²) >= 11 is 12.0. The Morgan fingerprint density at radius 1 is 1.19 bits per heavy atom. The van der Waals surface area contributed by atoms with E-state index in [-0.39, 0.29) is 10.6 Å². The van der Waals surface area contributed by atoms with Gasteiger partial charge >= 0.3 is 0 Å². The second-order valence-electron chi connectivity index (χ2n) is 6.06. The lowest BCUT2D eigenvalue weighted by atomic mass is 9.98. The molecule has 0 spiro atoms. The molecule has 1 amide bonds. The van der Waals surface area contributed by atoms with Crippen molar-refractivity contribution in [3.8, 4) is 6.07 Å². The molecule has 0 bridgehead atoms. The number of carbonyl (C=O) groups excluding carboxylic acids is 1. The van der Waals surface area contributed by atoms with E-state index in [1.165, 1.54) is 6.20 Å². The van der Waals surface area contributed by atoms with Crippen molar-refractivity contribution in [2.45, 2.75) is 26.7 Å². The van der Waals surface area contributed by atoms with Gasteiger partial charge in [-0.2, -0.15) is 5.26 Å². The van der Waals surface area contributed by atoms with Gasteiger partial charge in [0.1, 0.15) is 11.6 Å². The van der Waals surface area contributed by atoms with Gasteiger partial charge in [-0.15, -0.1) is 0 Å². The maximum absolute atomic E-state index is 12.4. The van der Waals surface area contributed by atoms with Gasteiger partial charge in [-0.1, -0.05) is 61.3 Å². The van der Waals surface area contributed by atoms with Crippen LogP contribution in [0.25, 0.3) is 0 Å². The fraction of sp³-hybridized carbons (Fsp3) is 0.200. The predicted molar refractivity (Wildman–Crippen MR) is 108 cm³/mol. The monoisotopic (exact) mass is 387 g/mol. The standard InChI is InChI=1S/C20H19Cl2N3O/c1-12(2)15-7-4-6-13(3)19(15)24-11-14(10-23)20(26)25-17-9-5-8-16(21)18(17)22/h4-9,11-12,24H,1-3H3,(H,25,26)/b14-11-. The fourth-order valence-electron chi connectivity index (χ4n) is 2.45. The van der Waals surface area contributed by atoms with Crippen molar-refractivity contribution in [2.24, 2.45) is 0 Å². The van der Waals surface area contributed by atoms with Gasteiger partial charge in [0.15, 0.2) is 0 Å². The number of para-hydroxylation sites is 1. The van der Waals surface area contributed by atoms with E-state index in [1.54, 1.807) is 18.2 Å². The third-order valence-corrected chi connectivity index (χ3v) is 4.67. The largest absolute Gasteiger partial charge is 0.360 e. The van der Waals surface area contributed by atoms with E-state index in [0.717, 1.165) is 16.8 Å². The van der Waals surface area contributed by atoms with Gasteiger partial charge in [-0.25, -0.2) is 0 Å². The topological polar surface area (TPSA) is 64.9 Å². The van der Waals surface area contributed by atoms with E-state index in [9.17, 15) is 10.1 Å². The first-order valence-electron chi connectivity index (χ1n) is 8.06. The molecule has 26 heavy (non-hydrogen) atoms. The second kappa shape index (κ2) is 8.75. The van der Waals surface area contributed by atoms with Crippen LogP contribution in [0.5, 0.6) is 0 Å². The number of nitrogens with zero attached hydrogens (tertiary/aromatic N) is 1. The van der Waals surface area contributed by atoms with Crippen molar-refractivity contribution in [2.75, 3.05) is 10.6 Å². The highest BCUT2D eigenvalue weighted by Crippen LogP contribution is 2.30. The number of hydrogen-bond acceptors (Lipinski definition) is 3. The van der Waals surface area contributed by atoms with Crippen molar-refractivity contribution in [3.63, 3.8) is 0 Å². The number of benzene rings is 2. The molecule has 2 aromatic rings. The predicted octanol–water partition coefficient (Wildman–Crippen LogP) is 5.88. The molecule has 2 rings (SSSR count). The Morgan fingerprint density at radius 2 is 1.88 bits per heavy atom. The minimum atomic E-state index is -0.566. The molecular formula is C20H19Cl2N3O. The minimum Gasteiger partial charge on any atom is -0.360 e. The van der Waals surface area contributed by atoms with Crippen LogP contribution in [0.1, 0.15) is 30.9 Å². The Kier molecular flexibility index (Phi) is 6.68. The molecule has 0 saturated carbocycles. The number of hydrogen-bond donors (Lipinski definition) is 2. The molecule has 2 aromatic carbocycles. The van der Waals surface area contributed by atoms with Crippen LogP contribution in [0.2, 0.25) is 10.0 Å². The Bertz CT molecular complexity index is 898. The van der Waals surface area contributed by atoms with Gasteiger partial charge in [0, 0.05) is 11.9 Å². The highest BCUT2D eigenvalue weighted by molar-refractivity contribution is 6.44. The molecule has 0 aliphatic carbocycles. The highest BCUT2D eigenvalue weighted by Gasteiger charge is 2.14. The number of rotatable bonds is 5. The van der Waals surface area contributed by atoms with Crippen LogP contribution in [0.15, 0.2) is 48.2 Å². The van der Waals surface area contributed by atoms with Crippen LogP contribution in [0.4, 0.5) is 11.4 Å². The van der Waals surface area contributed by atoms with Crippen molar-refractivity contribution < 1.29 is 4.79 Å². The highest BCUT2D eigenvalue weighted by atomic mass is 35.5. The summed E-state index contributed by atoms with van der Waals surface area (Å²) in [7, 11) is 0. The quantitative estimate of drug-likeness (QED) is 0.496. The molecule has 0 radical (unpaired) electrons. The summed E-state index contributed by atoms with van der Waals surface area (Å²) < 4.78 is 0. The van der Waals surface area contributed by atoms with Gasteiger partial charge in [0.05, 0.1) is 15.7 Å². The van der Waals surface area contributed by atoms with Crippen LogP contribution in [-0.2, 0) is 4.79 Å². The Labute approximate surface area is 163 Å². The Morgan fingerprint density at radius 3 is 2.54 bits per heavy atom. The number of aryl methyl sites for hydroxylation is 1. The Balaban J connectivity index is 2.25. The number of anilines is 2. The van der Waals surface area contributed by atoms with E-state index in [4.69, 9.17) is 23.2 Å². The molecule has 0 fully saturated rings. The lowest BCUT2D eigenvalue weighted by Crippen LogP contribution is -2.15. The Hall–Kier alpha value is -2.48. The van der Waals surface area contributed by atoms with E-state index in [2.05, 4.69) is 24.5 Å². The maximum atomic E-state index is 12.4. The van der Waals surface area contributed by atoms with Gasteiger partial charge in [0.2, 0.25) is 0 Å². The molecule has 6 heteroatoms. The number of nitrogens with one attached hydrogen (secondary N) is 2. The number of amides is 1. The van der Waals surface area contributed by atoms with Gasteiger partial charge < -0.3 is 10.6 Å². The van der Waals surface area contributed by atoms with E-state index in [1.807, 2.05) is 31.2 Å². The molecule has 0 aliphatic rings. The van der Waals surface area contributed by atoms with Crippen LogP contribution in [-0.4, -0.2) is 5.91 Å². The van der Waals surface area contributed by atoms with Crippen molar-refractivity contribution in [3.05, 3.63) is 69.3 Å². The van der Waals surface area contributed by atoms with E-state index >= 15 is 0 Å². The zero-order chi connectivity index (χ0) is 19.3. The summed E-state index contributed by atoms with van der Waals surface area (Å²) in [4.78, 5) is 12.4. The summed E-state index contributed by atoms with van der Waals surface area (Å²) in [6.45, 7) is 6.14. The molecule has 0 heterocycles. The molecule has 0 aliphatic heterocycles. The van der Waals surface area contributed by atoms with Crippen molar-refractivity contribution in [1.82, 2.24) is 0 Å². The first-order valence-corrected chi connectivity index (χ1v) is 8.82. The third kappa shape index (κ3) is 4.57. The van der Waals surface area contributed by atoms with Crippen LogP contribution in [0, 0.1) is 18.3 Å². The van der Waals surface area contributed by atoms with E-state index < -0.39 is 5.91 Å². The molecule has 2 N–H and O–H groups in total. The number of nitriles is 1. The molecule has 4 nitrogen and oxygen atoms in total. The fourth-order valence-corrected chi connectivity index (χ4v) is 2.80. The SMILES string of the molecule is Cc1cccc(C(C)C)c1N/C=C(/C#N)C(=O)Nc1cccc(Cl)c1Cl.